The molecule has 0 aliphatic rings. The van der Waals surface area contributed by atoms with E-state index in [-0.39, 0.29) is 5.92 Å². The molecule has 5 nitrogen and oxygen atoms in total. The molecule has 90 valence electrons. The molecule has 0 fully saturated rings. The molecule has 0 saturated carbocycles. The van der Waals surface area contributed by atoms with Crippen molar-refractivity contribution in [3.05, 3.63) is 29.9 Å². The Morgan fingerprint density at radius 2 is 2.12 bits per heavy atom. The van der Waals surface area contributed by atoms with Crippen LogP contribution in [0.2, 0.25) is 0 Å². The second kappa shape index (κ2) is 4.63. The Morgan fingerprint density at radius 3 is 2.76 bits per heavy atom. The van der Waals surface area contributed by atoms with E-state index in [1.165, 1.54) is 0 Å². The summed E-state index contributed by atoms with van der Waals surface area (Å²) >= 11 is 0. The summed E-state index contributed by atoms with van der Waals surface area (Å²) in [5, 5.41) is 13.4. The Hall–Kier alpha value is -1.75. The Balaban J connectivity index is 2.34. The number of rotatable bonds is 3. The Kier molecular flexibility index (Phi) is 3.19. The highest BCUT2D eigenvalue weighted by Crippen LogP contribution is 2.23. The fourth-order valence-electron chi connectivity index (χ4n) is 1.43. The summed E-state index contributed by atoms with van der Waals surface area (Å²) in [7, 11) is 0. The van der Waals surface area contributed by atoms with Gasteiger partial charge in [-0.15, -0.1) is 0 Å². The van der Waals surface area contributed by atoms with E-state index < -0.39 is 6.10 Å². The minimum absolute atomic E-state index is 0.173. The van der Waals surface area contributed by atoms with Gasteiger partial charge in [0.15, 0.2) is 0 Å². The molecule has 2 aromatic heterocycles. The highest BCUT2D eigenvalue weighted by Gasteiger charge is 2.19. The van der Waals surface area contributed by atoms with Crippen molar-refractivity contribution in [2.75, 3.05) is 0 Å². The van der Waals surface area contributed by atoms with E-state index in [9.17, 15) is 5.11 Å². The van der Waals surface area contributed by atoms with Crippen molar-refractivity contribution in [1.29, 1.82) is 0 Å². The lowest BCUT2D eigenvalue weighted by Gasteiger charge is -2.08. The second-order valence-electron chi connectivity index (χ2n) is 4.18. The van der Waals surface area contributed by atoms with E-state index in [2.05, 4.69) is 15.1 Å². The summed E-state index contributed by atoms with van der Waals surface area (Å²) < 4.78 is 5.15. The number of aryl methyl sites for hydroxylation is 1. The van der Waals surface area contributed by atoms with Crippen molar-refractivity contribution in [2.24, 2.45) is 0 Å². The molecule has 1 N–H and O–H groups in total. The van der Waals surface area contributed by atoms with Crippen molar-refractivity contribution in [3.8, 4) is 11.4 Å². The van der Waals surface area contributed by atoms with Crippen LogP contribution in [-0.4, -0.2) is 26.3 Å². The van der Waals surface area contributed by atoms with Crippen LogP contribution in [0.15, 0.2) is 23.0 Å². The zero-order valence-electron chi connectivity index (χ0n) is 10.1. The average Bonchev–Trinajstić information content (AvgIpc) is 2.77. The maximum Gasteiger partial charge on any atom is 0.232 e. The fourth-order valence-corrected chi connectivity index (χ4v) is 1.43. The molecule has 0 aliphatic carbocycles. The molecule has 0 bridgehead atoms. The van der Waals surface area contributed by atoms with Crippen LogP contribution in [0.3, 0.4) is 0 Å². The molecule has 0 radical (unpaired) electrons. The lowest BCUT2D eigenvalue weighted by atomic mass is 10.1. The minimum Gasteiger partial charge on any atom is -0.393 e. The van der Waals surface area contributed by atoms with E-state index in [0.717, 1.165) is 11.1 Å². The topological polar surface area (TPSA) is 72.0 Å². The van der Waals surface area contributed by atoms with E-state index in [0.29, 0.717) is 11.7 Å². The molecule has 2 atom stereocenters. The SMILES string of the molecule is Cc1ccncc1-c1noc(C(C)C(C)O)n1. The third kappa shape index (κ3) is 2.34. The summed E-state index contributed by atoms with van der Waals surface area (Å²) in [6, 6.07) is 1.89. The molecule has 0 spiro atoms. The molecule has 2 heterocycles. The van der Waals surface area contributed by atoms with Gasteiger partial charge in [0, 0.05) is 18.0 Å². The van der Waals surface area contributed by atoms with Gasteiger partial charge in [0.05, 0.1) is 12.0 Å². The highest BCUT2D eigenvalue weighted by molar-refractivity contribution is 5.57. The summed E-state index contributed by atoms with van der Waals surface area (Å²) in [4.78, 5) is 8.32. The summed E-state index contributed by atoms with van der Waals surface area (Å²) in [5.74, 6) is 0.782. The first kappa shape index (κ1) is 11.7. The van der Waals surface area contributed by atoms with E-state index in [4.69, 9.17) is 4.52 Å². The van der Waals surface area contributed by atoms with Crippen LogP contribution in [0, 0.1) is 6.92 Å². The maximum atomic E-state index is 9.47. The molecule has 2 rings (SSSR count). The fraction of sp³-hybridized carbons (Fsp3) is 0.417. The second-order valence-corrected chi connectivity index (χ2v) is 4.18. The zero-order chi connectivity index (χ0) is 12.4. The van der Waals surface area contributed by atoms with Gasteiger partial charge in [0.25, 0.3) is 0 Å². The summed E-state index contributed by atoms with van der Waals surface area (Å²) in [6.07, 6.45) is 2.91. The molecule has 2 unspecified atom stereocenters. The number of nitrogens with zero attached hydrogens (tertiary/aromatic N) is 3. The molecule has 17 heavy (non-hydrogen) atoms. The first-order valence-electron chi connectivity index (χ1n) is 5.52. The van der Waals surface area contributed by atoms with Gasteiger partial charge in [-0.2, -0.15) is 4.98 Å². The number of aliphatic hydroxyl groups is 1. The number of aromatic nitrogens is 3. The van der Waals surface area contributed by atoms with Gasteiger partial charge in [-0.05, 0) is 25.5 Å². The largest absolute Gasteiger partial charge is 0.393 e. The smallest absolute Gasteiger partial charge is 0.232 e. The third-order valence-corrected chi connectivity index (χ3v) is 2.83. The van der Waals surface area contributed by atoms with Crippen molar-refractivity contribution < 1.29 is 9.63 Å². The highest BCUT2D eigenvalue weighted by atomic mass is 16.5. The van der Waals surface area contributed by atoms with Crippen LogP contribution in [0.4, 0.5) is 0 Å². The van der Waals surface area contributed by atoms with Crippen LogP contribution in [0.1, 0.15) is 31.2 Å². The first-order valence-corrected chi connectivity index (χ1v) is 5.52. The van der Waals surface area contributed by atoms with Gasteiger partial charge in [0.1, 0.15) is 0 Å². The molecule has 2 aromatic rings. The van der Waals surface area contributed by atoms with Crippen LogP contribution >= 0.6 is 0 Å². The Morgan fingerprint density at radius 1 is 1.35 bits per heavy atom. The Labute approximate surface area is 99.5 Å². The number of aliphatic hydroxyl groups excluding tert-OH is 1. The van der Waals surface area contributed by atoms with E-state index in [1.54, 1.807) is 19.3 Å². The number of pyridine rings is 1. The standard InChI is InChI=1S/C12H15N3O2/c1-7-4-5-13-6-10(7)11-14-12(17-15-11)8(2)9(3)16/h4-6,8-9,16H,1-3H3. The van der Waals surface area contributed by atoms with Gasteiger partial charge in [-0.25, -0.2) is 0 Å². The molecule has 5 heteroatoms. The third-order valence-electron chi connectivity index (χ3n) is 2.83. The molecule has 0 saturated heterocycles. The van der Waals surface area contributed by atoms with Gasteiger partial charge >= 0.3 is 0 Å². The average molecular weight is 233 g/mol. The quantitative estimate of drug-likeness (QED) is 0.876. The van der Waals surface area contributed by atoms with Crippen molar-refractivity contribution >= 4 is 0 Å². The molecular weight excluding hydrogens is 218 g/mol. The Bertz CT molecular complexity index is 508. The van der Waals surface area contributed by atoms with Crippen molar-refractivity contribution in [3.63, 3.8) is 0 Å². The van der Waals surface area contributed by atoms with Crippen LogP contribution in [-0.2, 0) is 0 Å². The lowest BCUT2D eigenvalue weighted by molar-refractivity contribution is 0.151. The van der Waals surface area contributed by atoms with E-state index in [1.807, 2.05) is 19.9 Å². The maximum absolute atomic E-state index is 9.47. The lowest BCUT2D eigenvalue weighted by Crippen LogP contribution is -2.11. The van der Waals surface area contributed by atoms with Crippen LogP contribution in [0.5, 0.6) is 0 Å². The summed E-state index contributed by atoms with van der Waals surface area (Å²) in [5.41, 5.74) is 1.89. The first-order chi connectivity index (χ1) is 8.09. The van der Waals surface area contributed by atoms with Crippen molar-refractivity contribution in [2.45, 2.75) is 32.8 Å². The monoisotopic (exact) mass is 233 g/mol. The molecule has 0 aliphatic heterocycles. The van der Waals surface area contributed by atoms with Crippen LogP contribution < -0.4 is 0 Å². The van der Waals surface area contributed by atoms with Gasteiger partial charge in [-0.3, -0.25) is 4.98 Å². The molecule has 0 aromatic carbocycles. The number of hydrogen-bond donors (Lipinski definition) is 1. The minimum atomic E-state index is -0.515. The van der Waals surface area contributed by atoms with Crippen LogP contribution in [0.25, 0.3) is 11.4 Å². The predicted octanol–water partition coefficient (Wildman–Crippen LogP) is 1.92. The van der Waals surface area contributed by atoms with Gasteiger partial charge in [-0.1, -0.05) is 12.1 Å². The van der Waals surface area contributed by atoms with Gasteiger partial charge in [0.2, 0.25) is 11.7 Å². The summed E-state index contributed by atoms with van der Waals surface area (Å²) in [6.45, 7) is 5.51. The van der Waals surface area contributed by atoms with Gasteiger partial charge < -0.3 is 9.63 Å². The van der Waals surface area contributed by atoms with E-state index >= 15 is 0 Å². The normalized spacial score (nSPS) is 14.6. The van der Waals surface area contributed by atoms with Crippen molar-refractivity contribution in [1.82, 2.24) is 15.1 Å². The predicted molar refractivity (Wildman–Crippen MR) is 62.4 cm³/mol. The zero-order valence-corrected chi connectivity index (χ0v) is 10.1. The number of hydrogen-bond acceptors (Lipinski definition) is 5. The molecule has 0 amide bonds. The molecular formula is C12H15N3O2.